The van der Waals surface area contributed by atoms with Crippen molar-refractivity contribution in [2.45, 2.75) is 51.0 Å². The lowest BCUT2D eigenvalue weighted by atomic mass is 9.68. The van der Waals surface area contributed by atoms with Crippen LogP contribution in [-0.2, 0) is 4.79 Å². The Kier molecular flexibility index (Phi) is 4.81. The second-order valence-electron chi connectivity index (χ2n) is 5.61. The van der Waals surface area contributed by atoms with Crippen molar-refractivity contribution in [1.82, 2.24) is 4.90 Å². The molecule has 20 heavy (non-hydrogen) atoms. The second kappa shape index (κ2) is 6.40. The zero-order valence-electron chi connectivity index (χ0n) is 12.5. The van der Waals surface area contributed by atoms with Gasteiger partial charge in [0.1, 0.15) is 5.54 Å². The summed E-state index contributed by atoms with van der Waals surface area (Å²) in [5.74, 6) is -0.565. The fourth-order valence-corrected chi connectivity index (χ4v) is 3.84. The van der Waals surface area contributed by atoms with Crippen molar-refractivity contribution in [3.63, 3.8) is 0 Å². The van der Waals surface area contributed by atoms with Crippen LogP contribution >= 0.6 is 0 Å². The van der Waals surface area contributed by atoms with Crippen molar-refractivity contribution in [1.29, 1.82) is 0 Å². The van der Waals surface area contributed by atoms with E-state index < -0.39 is 11.5 Å². The van der Waals surface area contributed by atoms with Crippen molar-refractivity contribution in [3.8, 4) is 0 Å². The van der Waals surface area contributed by atoms with E-state index in [-0.39, 0.29) is 5.92 Å². The van der Waals surface area contributed by atoms with Gasteiger partial charge in [-0.15, -0.1) is 0 Å². The molecule has 1 aromatic carbocycles. The lowest BCUT2D eigenvalue weighted by Gasteiger charge is -2.48. The molecule has 0 spiro atoms. The number of hydrogen-bond acceptors (Lipinski definition) is 2. The van der Waals surface area contributed by atoms with E-state index in [4.69, 9.17) is 0 Å². The van der Waals surface area contributed by atoms with Crippen LogP contribution in [0.25, 0.3) is 0 Å². The highest BCUT2D eigenvalue weighted by Gasteiger charge is 2.51. The molecule has 110 valence electrons. The first-order chi connectivity index (χ1) is 9.66. The summed E-state index contributed by atoms with van der Waals surface area (Å²) in [7, 11) is 0. The van der Waals surface area contributed by atoms with Gasteiger partial charge in [-0.2, -0.15) is 0 Å². The molecule has 2 rings (SSSR count). The predicted molar refractivity (Wildman–Crippen MR) is 80.9 cm³/mol. The number of nitrogens with zero attached hydrogens (tertiary/aromatic N) is 1. The molecule has 0 bridgehead atoms. The zero-order chi connectivity index (χ0) is 14.6. The molecule has 2 atom stereocenters. The van der Waals surface area contributed by atoms with Crippen molar-refractivity contribution >= 4 is 5.97 Å². The quantitative estimate of drug-likeness (QED) is 0.894. The van der Waals surface area contributed by atoms with Crippen molar-refractivity contribution in [3.05, 3.63) is 35.9 Å². The number of benzene rings is 1. The molecule has 0 saturated heterocycles. The van der Waals surface area contributed by atoms with Gasteiger partial charge in [0.2, 0.25) is 0 Å². The van der Waals surface area contributed by atoms with Crippen LogP contribution in [0.2, 0.25) is 0 Å². The van der Waals surface area contributed by atoms with Crippen LogP contribution in [-0.4, -0.2) is 34.6 Å². The summed E-state index contributed by atoms with van der Waals surface area (Å²) >= 11 is 0. The molecule has 1 N–H and O–H groups in total. The smallest absolute Gasteiger partial charge is 0.324 e. The molecule has 1 aromatic rings. The van der Waals surface area contributed by atoms with E-state index in [2.05, 4.69) is 30.9 Å². The highest BCUT2D eigenvalue weighted by molar-refractivity contribution is 5.80. The Morgan fingerprint density at radius 2 is 1.90 bits per heavy atom. The van der Waals surface area contributed by atoms with Gasteiger partial charge in [0.15, 0.2) is 0 Å². The molecule has 1 aliphatic rings. The van der Waals surface area contributed by atoms with Crippen LogP contribution in [0.4, 0.5) is 0 Å². The molecule has 2 unspecified atom stereocenters. The minimum Gasteiger partial charge on any atom is -0.480 e. The SMILES string of the molecule is CCN(CC)C1(C(=O)O)CCCCC1c1ccccc1. The molecule has 0 aromatic heterocycles. The third kappa shape index (κ3) is 2.47. The first-order valence-corrected chi connectivity index (χ1v) is 7.70. The normalized spacial score (nSPS) is 26.6. The zero-order valence-corrected chi connectivity index (χ0v) is 12.5. The lowest BCUT2D eigenvalue weighted by molar-refractivity contribution is -0.156. The van der Waals surface area contributed by atoms with E-state index in [0.29, 0.717) is 0 Å². The molecule has 1 fully saturated rings. The number of aliphatic carboxylic acids is 1. The third-order valence-electron chi connectivity index (χ3n) is 4.78. The Hall–Kier alpha value is -1.35. The van der Waals surface area contributed by atoms with Crippen molar-refractivity contribution in [2.75, 3.05) is 13.1 Å². The predicted octanol–water partition coefficient (Wildman–Crippen LogP) is 3.51. The molecule has 0 amide bonds. The van der Waals surface area contributed by atoms with Crippen LogP contribution in [0.15, 0.2) is 30.3 Å². The summed E-state index contributed by atoms with van der Waals surface area (Å²) in [6.07, 6.45) is 3.85. The Bertz CT molecular complexity index is 442. The summed E-state index contributed by atoms with van der Waals surface area (Å²) in [6.45, 7) is 5.69. The Morgan fingerprint density at radius 1 is 1.25 bits per heavy atom. The second-order valence-corrected chi connectivity index (χ2v) is 5.61. The largest absolute Gasteiger partial charge is 0.480 e. The lowest BCUT2D eigenvalue weighted by Crippen LogP contribution is -2.59. The Labute approximate surface area is 121 Å². The van der Waals surface area contributed by atoms with Gasteiger partial charge in [-0.1, -0.05) is 57.0 Å². The summed E-state index contributed by atoms with van der Waals surface area (Å²) in [6, 6.07) is 10.2. The average molecular weight is 275 g/mol. The van der Waals surface area contributed by atoms with Crippen LogP contribution in [0, 0.1) is 0 Å². The Morgan fingerprint density at radius 3 is 2.45 bits per heavy atom. The number of carbonyl (C=O) groups is 1. The first kappa shape index (κ1) is 15.0. The highest BCUT2D eigenvalue weighted by atomic mass is 16.4. The van der Waals surface area contributed by atoms with E-state index in [1.165, 1.54) is 5.56 Å². The molecule has 1 aliphatic carbocycles. The number of carboxylic acids is 1. The molecule has 3 heteroatoms. The summed E-state index contributed by atoms with van der Waals surface area (Å²) in [5, 5.41) is 10.0. The molecule has 0 radical (unpaired) electrons. The maximum atomic E-state index is 12.2. The monoisotopic (exact) mass is 275 g/mol. The van der Waals surface area contributed by atoms with Crippen LogP contribution < -0.4 is 0 Å². The summed E-state index contributed by atoms with van der Waals surface area (Å²) < 4.78 is 0. The molecule has 0 heterocycles. The van der Waals surface area contributed by atoms with Gasteiger partial charge < -0.3 is 5.11 Å². The summed E-state index contributed by atoms with van der Waals surface area (Å²) in [4.78, 5) is 14.3. The topological polar surface area (TPSA) is 40.5 Å². The van der Waals surface area contributed by atoms with E-state index >= 15 is 0 Å². The molecular formula is C17H25NO2. The van der Waals surface area contributed by atoms with Gasteiger partial charge >= 0.3 is 5.97 Å². The minimum absolute atomic E-state index is 0.0925. The van der Waals surface area contributed by atoms with Crippen molar-refractivity contribution in [2.24, 2.45) is 0 Å². The number of rotatable bonds is 5. The summed E-state index contributed by atoms with van der Waals surface area (Å²) in [5.41, 5.74) is 0.435. The average Bonchev–Trinajstić information content (AvgIpc) is 2.49. The van der Waals surface area contributed by atoms with E-state index in [0.717, 1.165) is 38.8 Å². The van der Waals surface area contributed by atoms with Crippen molar-refractivity contribution < 1.29 is 9.90 Å². The fraction of sp³-hybridized carbons (Fsp3) is 0.588. The van der Waals surface area contributed by atoms with Gasteiger partial charge in [0.05, 0.1) is 0 Å². The van der Waals surface area contributed by atoms with Gasteiger partial charge in [-0.25, -0.2) is 0 Å². The maximum absolute atomic E-state index is 12.2. The van der Waals surface area contributed by atoms with Crippen LogP contribution in [0.5, 0.6) is 0 Å². The maximum Gasteiger partial charge on any atom is 0.324 e. The molecular weight excluding hydrogens is 250 g/mol. The van der Waals surface area contributed by atoms with Gasteiger partial charge in [0, 0.05) is 5.92 Å². The standard InChI is InChI=1S/C17H25NO2/c1-3-18(4-2)17(16(19)20)13-9-8-12-15(17)14-10-6-5-7-11-14/h5-7,10-11,15H,3-4,8-9,12-13H2,1-2H3,(H,19,20). The van der Waals surface area contributed by atoms with Gasteiger partial charge in [-0.3, -0.25) is 9.69 Å². The van der Waals surface area contributed by atoms with Gasteiger partial charge in [0.25, 0.3) is 0 Å². The Balaban J connectivity index is 2.47. The highest BCUT2D eigenvalue weighted by Crippen LogP contribution is 2.44. The van der Waals surface area contributed by atoms with E-state index in [9.17, 15) is 9.90 Å². The van der Waals surface area contributed by atoms with Gasteiger partial charge in [-0.05, 0) is 31.5 Å². The van der Waals surface area contributed by atoms with Crippen LogP contribution in [0.3, 0.4) is 0 Å². The van der Waals surface area contributed by atoms with E-state index in [1.807, 2.05) is 18.2 Å². The first-order valence-electron chi connectivity index (χ1n) is 7.70. The van der Waals surface area contributed by atoms with Crippen LogP contribution in [0.1, 0.15) is 51.0 Å². The third-order valence-corrected chi connectivity index (χ3v) is 4.78. The minimum atomic E-state index is -0.733. The molecule has 0 aliphatic heterocycles. The van der Waals surface area contributed by atoms with E-state index in [1.54, 1.807) is 0 Å². The number of carboxylic acid groups (broad SMARTS) is 1. The number of likely N-dealkylation sites (N-methyl/N-ethyl adjacent to an activating group) is 1. The number of hydrogen-bond donors (Lipinski definition) is 1. The molecule has 3 nitrogen and oxygen atoms in total. The molecule has 1 saturated carbocycles. The fourth-order valence-electron chi connectivity index (χ4n) is 3.84.